The number of nitriles is 1. The quantitative estimate of drug-likeness (QED) is 0.666. The molecular formula is C8H15N3S. The molecule has 0 amide bonds. The Morgan fingerprint density at radius 1 is 1.67 bits per heavy atom. The zero-order valence-corrected chi connectivity index (χ0v) is 8.45. The molecule has 0 bridgehead atoms. The van der Waals surface area contributed by atoms with Gasteiger partial charge in [-0.3, -0.25) is 0 Å². The minimum absolute atomic E-state index is 0.518. The van der Waals surface area contributed by atoms with Crippen molar-refractivity contribution in [1.29, 1.82) is 5.26 Å². The molecule has 1 N–H and O–H groups in total. The van der Waals surface area contributed by atoms with Crippen LogP contribution in [0.3, 0.4) is 0 Å². The molecule has 12 heavy (non-hydrogen) atoms. The molecule has 0 atom stereocenters. The average molecular weight is 185 g/mol. The second-order valence-electron chi connectivity index (χ2n) is 2.56. The maximum Gasteiger partial charge on any atom is 0.168 e. The number of nitrogens with zero attached hydrogens (tertiary/aromatic N) is 2. The van der Waals surface area contributed by atoms with E-state index in [1.807, 2.05) is 11.9 Å². The lowest BCUT2D eigenvalue weighted by atomic mass is 10.4. The SMILES string of the molecule is CCCNC(=S)N(C)CCC#N. The van der Waals surface area contributed by atoms with Crippen molar-refractivity contribution in [1.82, 2.24) is 10.2 Å². The Kier molecular flexibility index (Phi) is 6.39. The molecule has 0 rings (SSSR count). The van der Waals surface area contributed by atoms with Gasteiger partial charge in [-0.15, -0.1) is 0 Å². The fourth-order valence-electron chi connectivity index (χ4n) is 0.686. The number of hydrogen-bond donors (Lipinski definition) is 1. The topological polar surface area (TPSA) is 39.1 Å². The largest absolute Gasteiger partial charge is 0.363 e. The first-order valence-corrected chi connectivity index (χ1v) is 4.49. The Morgan fingerprint density at radius 3 is 2.83 bits per heavy atom. The summed E-state index contributed by atoms with van der Waals surface area (Å²) in [6.07, 6.45) is 1.58. The van der Waals surface area contributed by atoms with E-state index >= 15 is 0 Å². The van der Waals surface area contributed by atoms with Crippen LogP contribution in [0.5, 0.6) is 0 Å². The molecule has 0 aromatic carbocycles. The molecule has 0 radical (unpaired) electrons. The van der Waals surface area contributed by atoms with E-state index in [-0.39, 0.29) is 0 Å². The van der Waals surface area contributed by atoms with E-state index < -0.39 is 0 Å². The fourth-order valence-corrected chi connectivity index (χ4v) is 0.879. The Labute approximate surface area is 79.4 Å². The zero-order chi connectivity index (χ0) is 9.40. The summed E-state index contributed by atoms with van der Waals surface area (Å²) in [7, 11) is 1.89. The normalized spacial score (nSPS) is 8.75. The van der Waals surface area contributed by atoms with E-state index in [9.17, 15) is 0 Å². The molecule has 0 spiro atoms. The molecule has 0 saturated carbocycles. The molecule has 0 aliphatic rings. The monoisotopic (exact) mass is 185 g/mol. The van der Waals surface area contributed by atoms with E-state index in [1.165, 1.54) is 0 Å². The van der Waals surface area contributed by atoms with E-state index in [1.54, 1.807) is 0 Å². The minimum atomic E-state index is 0.518. The van der Waals surface area contributed by atoms with E-state index in [0.717, 1.165) is 18.1 Å². The van der Waals surface area contributed by atoms with Crippen LogP contribution in [0, 0.1) is 11.3 Å². The second-order valence-corrected chi connectivity index (χ2v) is 2.95. The Hall–Kier alpha value is -0.820. The van der Waals surface area contributed by atoms with Gasteiger partial charge in [-0.25, -0.2) is 0 Å². The van der Waals surface area contributed by atoms with Crippen LogP contribution >= 0.6 is 12.2 Å². The first kappa shape index (κ1) is 11.2. The standard InChI is InChI=1S/C8H15N3S/c1-3-6-10-8(12)11(2)7-4-5-9/h3-4,6-7H2,1-2H3,(H,10,12). The average Bonchev–Trinajstić information content (AvgIpc) is 2.10. The van der Waals surface area contributed by atoms with Crippen molar-refractivity contribution in [2.75, 3.05) is 20.1 Å². The predicted molar refractivity (Wildman–Crippen MR) is 53.8 cm³/mol. The van der Waals surface area contributed by atoms with Gasteiger partial charge in [-0.1, -0.05) is 6.92 Å². The highest BCUT2D eigenvalue weighted by molar-refractivity contribution is 7.80. The summed E-state index contributed by atoms with van der Waals surface area (Å²) in [5, 5.41) is 12.2. The second kappa shape index (κ2) is 6.86. The third-order valence-electron chi connectivity index (χ3n) is 1.43. The van der Waals surface area contributed by atoms with Crippen LogP contribution in [0.2, 0.25) is 0 Å². The molecular weight excluding hydrogens is 170 g/mol. The lowest BCUT2D eigenvalue weighted by Crippen LogP contribution is -2.37. The molecule has 0 fully saturated rings. The summed E-state index contributed by atoms with van der Waals surface area (Å²) in [5.74, 6) is 0. The first-order chi connectivity index (χ1) is 5.72. The molecule has 0 unspecified atom stereocenters. The Bertz CT molecular complexity index is 174. The molecule has 0 saturated heterocycles. The Morgan fingerprint density at radius 2 is 2.33 bits per heavy atom. The van der Waals surface area contributed by atoms with Gasteiger partial charge < -0.3 is 10.2 Å². The number of rotatable bonds is 4. The van der Waals surface area contributed by atoms with Crippen molar-refractivity contribution < 1.29 is 0 Å². The lowest BCUT2D eigenvalue weighted by molar-refractivity contribution is 0.503. The first-order valence-electron chi connectivity index (χ1n) is 4.08. The highest BCUT2D eigenvalue weighted by atomic mass is 32.1. The smallest absolute Gasteiger partial charge is 0.168 e. The van der Waals surface area contributed by atoms with Gasteiger partial charge >= 0.3 is 0 Å². The summed E-state index contributed by atoms with van der Waals surface area (Å²) in [6, 6.07) is 2.08. The predicted octanol–water partition coefficient (Wildman–Crippen LogP) is 1.12. The van der Waals surface area contributed by atoms with Crippen LogP contribution in [0.1, 0.15) is 19.8 Å². The molecule has 0 aromatic heterocycles. The molecule has 3 nitrogen and oxygen atoms in total. The molecule has 68 valence electrons. The van der Waals surface area contributed by atoms with Crippen molar-refractivity contribution in [2.45, 2.75) is 19.8 Å². The van der Waals surface area contributed by atoms with E-state index in [0.29, 0.717) is 13.0 Å². The summed E-state index contributed by atoms with van der Waals surface area (Å²) in [5.41, 5.74) is 0. The van der Waals surface area contributed by atoms with Crippen LogP contribution in [-0.2, 0) is 0 Å². The number of thiocarbonyl (C=S) groups is 1. The van der Waals surface area contributed by atoms with Gasteiger partial charge in [0, 0.05) is 20.1 Å². The van der Waals surface area contributed by atoms with Crippen LogP contribution in [0.4, 0.5) is 0 Å². The highest BCUT2D eigenvalue weighted by Gasteiger charge is 2.00. The maximum atomic E-state index is 8.33. The van der Waals surface area contributed by atoms with Gasteiger partial charge in [0.05, 0.1) is 12.5 Å². The molecule has 0 aliphatic carbocycles. The van der Waals surface area contributed by atoms with Crippen molar-refractivity contribution >= 4 is 17.3 Å². The molecule has 0 aromatic rings. The van der Waals surface area contributed by atoms with Gasteiger partial charge in [0.2, 0.25) is 0 Å². The van der Waals surface area contributed by atoms with Crippen molar-refractivity contribution in [3.8, 4) is 6.07 Å². The zero-order valence-electron chi connectivity index (χ0n) is 7.63. The van der Waals surface area contributed by atoms with Gasteiger partial charge in [0.25, 0.3) is 0 Å². The van der Waals surface area contributed by atoms with E-state index in [4.69, 9.17) is 17.5 Å². The number of nitrogens with one attached hydrogen (secondary N) is 1. The molecule has 0 aliphatic heterocycles. The fraction of sp³-hybridized carbons (Fsp3) is 0.750. The third kappa shape index (κ3) is 4.91. The highest BCUT2D eigenvalue weighted by Crippen LogP contribution is 1.87. The van der Waals surface area contributed by atoms with Gasteiger partial charge in [0.1, 0.15) is 0 Å². The lowest BCUT2D eigenvalue weighted by Gasteiger charge is -2.19. The van der Waals surface area contributed by atoms with Crippen molar-refractivity contribution in [2.24, 2.45) is 0 Å². The van der Waals surface area contributed by atoms with Crippen LogP contribution < -0.4 is 5.32 Å². The van der Waals surface area contributed by atoms with Crippen molar-refractivity contribution in [3.05, 3.63) is 0 Å². The summed E-state index contributed by atoms with van der Waals surface area (Å²) in [6.45, 7) is 3.69. The van der Waals surface area contributed by atoms with Gasteiger partial charge in [-0.05, 0) is 18.6 Å². The summed E-state index contributed by atoms with van der Waals surface area (Å²) >= 11 is 5.06. The molecule has 0 heterocycles. The van der Waals surface area contributed by atoms with Gasteiger partial charge in [0.15, 0.2) is 5.11 Å². The van der Waals surface area contributed by atoms with Crippen LogP contribution in [-0.4, -0.2) is 30.1 Å². The van der Waals surface area contributed by atoms with E-state index in [2.05, 4.69) is 18.3 Å². The minimum Gasteiger partial charge on any atom is -0.363 e. The molecule has 4 heteroatoms. The van der Waals surface area contributed by atoms with Gasteiger partial charge in [-0.2, -0.15) is 5.26 Å². The van der Waals surface area contributed by atoms with Crippen LogP contribution in [0.15, 0.2) is 0 Å². The number of hydrogen-bond acceptors (Lipinski definition) is 2. The third-order valence-corrected chi connectivity index (χ3v) is 1.89. The summed E-state index contributed by atoms with van der Waals surface area (Å²) < 4.78 is 0. The van der Waals surface area contributed by atoms with Crippen molar-refractivity contribution in [3.63, 3.8) is 0 Å². The van der Waals surface area contributed by atoms with Crippen LogP contribution in [0.25, 0.3) is 0 Å². The maximum absolute atomic E-state index is 8.33. The summed E-state index contributed by atoms with van der Waals surface area (Å²) in [4.78, 5) is 1.88. The Balaban J connectivity index is 3.55.